The summed E-state index contributed by atoms with van der Waals surface area (Å²) in [4.78, 5) is 12.2. The largest absolute Gasteiger partial charge is 0.287 e. The highest BCUT2D eigenvalue weighted by Gasteiger charge is 2.16. The lowest BCUT2D eigenvalue weighted by Gasteiger charge is -2.02. The van der Waals surface area contributed by atoms with Gasteiger partial charge in [0.2, 0.25) is 12.3 Å². The van der Waals surface area contributed by atoms with Crippen molar-refractivity contribution in [2.75, 3.05) is 0 Å². The Kier molecular flexibility index (Phi) is 4.05. The van der Waals surface area contributed by atoms with Crippen LogP contribution in [0.2, 0.25) is 0 Å². The van der Waals surface area contributed by atoms with Crippen molar-refractivity contribution >= 4 is 5.78 Å². The lowest BCUT2D eigenvalue weighted by molar-refractivity contribution is -0.682. The Morgan fingerprint density at radius 3 is 2.32 bits per heavy atom. The van der Waals surface area contributed by atoms with E-state index in [2.05, 4.69) is 0 Å². The van der Waals surface area contributed by atoms with E-state index < -0.39 is 5.82 Å². The van der Waals surface area contributed by atoms with Gasteiger partial charge in [-0.25, -0.2) is 4.39 Å². The monoisotopic (exact) mass is 292 g/mol. The molecule has 3 aromatic rings. The van der Waals surface area contributed by atoms with Crippen LogP contribution >= 0.6 is 0 Å². The molecular formula is C19H15FNO+. The maximum Gasteiger partial charge on any atom is 0.230 e. The Bertz CT molecular complexity index is 799. The molecule has 0 atom stereocenters. The van der Waals surface area contributed by atoms with E-state index in [4.69, 9.17) is 0 Å². The van der Waals surface area contributed by atoms with Gasteiger partial charge in [-0.1, -0.05) is 42.5 Å². The molecular weight excluding hydrogens is 277 g/mol. The predicted molar refractivity (Wildman–Crippen MR) is 82.8 cm³/mol. The van der Waals surface area contributed by atoms with E-state index in [0.29, 0.717) is 0 Å². The molecule has 22 heavy (non-hydrogen) atoms. The SMILES string of the molecule is O=C(C[n+]1cccc(-c2ccccc2)c1)c1ccccc1F. The first-order valence-corrected chi connectivity index (χ1v) is 7.06. The van der Waals surface area contributed by atoms with Crippen molar-refractivity contribution in [3.63, 3.8) is 0 Å². The van der Waals surface area contributed by atoms with Gasteiger partial charge in [0, 0.05) is 11.6 Å². The zero-order valence-corrected chi connectivity index (χ0v) is 11.9. The molecule has 2 nitrogen and oxygen atoms in total. The lowest BCUT2D eigenvalue weighted by atomic mass is 10.1. The summed E-state index contributed by atoms with van der Waals surface area (Å²) in [6.45, 7) is 0.113. The first-order valence-electron chi connectivity index (χ1n) is 7.06. The molecule has 0 saturated heterocycles. The Balaban J connectivity index is 1.85. The molecule has 1 aromatic heterocycles. The van der Waals surface area contributed by atoms with Crippen molar-refractivity contribution in [2.45, 2.75) is 6.54 Å². The number of nitrogens with zero attached hydrogens (tertiary/aromatic N) is 1. The molecule has 0 aliphatic carbocycles. The number of hydrogen-bond donors (Lipinski definition) is 0. The molecule has 0 fully saturated rings. The third kappa shape index (κ3) is 3.09. The minimum Gasteiger partial charge on any atom is -0.287 e. The summed E-state index contributed by atoms with van der Waals surface area (Å²) in [5.41, 5.74) is 2.22. The van der Waals surface area contributed by atoms with Gasteiger partial charge in [-0.3, -0.25) is 4.79 Å². The Morgan fingerprint density at radius 1 is 0.864 bits per heavy atom. The highest BCUT2D eigenvalue weighted by molar-refractivity contribution is 5.95. The van der Waals surface area contributed by atoms with Crippen molar-refractivity contribution < 1.29 is 13.8 Å². The zero-order valence-electron chi connectivity index (χ0n) is 11.9. The summed E-state index contributed by atoms with van der Waals surface area (Å²) >= 11 is 0. The number of hydrogen-bond acceptors (Lipinski definition) is 1. The topological polar surface area (TPSA) is 20.9 Å². The second-order valence-electron chi connectivity index (χ2n) is 5.03. The van der Waals surface area contributed by atoms with Gasteiger partial charge in [0.15, 0.2) is 12.4 Å². The molecule has 108 valence electrons. The van der Waals surface area contributed by atoms with E-state index in [-0.39, 0.29) is 17.9 Å². The fraction of sp³-hybridized carbons (Fsp3) is 0.0526. The highest BCUT2D eigenvalue weighted by Crippen LogP contribution is 2.16. The fourth-order valence-corrected chi connectivity index (χ4v) is 2.36. The summed E-state index contributed by atoms with van der Waals surface area (Å²) in [6.07, 6.45) is 3.71. The minimum atomic E-state index is -0.479. The second-order valence-corrected chi connectivity index (χ2v) is 5.03. The van der Waals surface area contributed by atoms with Crippen molar-refractivity contribution in [3.05, 3.63) is 90.5 Å². The number of ketones is 1. The normalized spacial score (nSPS) is 10.4. The summed E-state index contributed by atoms with van der Waals surface area (Å²) in [5.74, 6) is -0.722. The average Bonchev–Trinajstić information content (AvgIpc) is 2.56. The molecule has 0 aliphatic rings. The molecule has 1 heterocycles. The van der Waals surface area contributed by atoms with E-state index in [0.717, 1.165) is 11.1 Å². The molecule has 0 saturated carbocycles. The minimum absolute atomic E-state index is 0.113. The first kappa shape index (κ1) is 14.1. The standard InChI is InChI=1S/C19H15FNO/c20-18-11-5-4-10-17(18)19(22)14-21-12-6-9-16(13-21)15-7-2-1-3-8-15/h1-13H,14H2/q+1. The molecule has 0 bridgehead atoms. The first-order chi connectivity index (χ1) is 10.7. The van der Waals surface area contributed by atoms with Crippen molar-refractivity contribution in [2.24, 2.45) is 0 Å². The maximum atomic E-state index is 13.7. The quantitative estimate of drug-likeness (QED) is 0.531. The van der Waals surface area contributed by atoms with E-state index >= 15 is 0 Å². The molecule has 0 radical (unpaired) electrons. The van der Waals surface area contributed by atoms with E-state index in [1.54, 1.807) is 16.7 Å². The Labute approximate surface area is 128 Å². The molecule has 3 heteroatoms. The number of pyridine rings is 1. The third-order valence-corrected chi connectivity index (χ3v) is 3.47. The number of Topliss-reactive ketones (excluding diaryl/α,β-unsaturated/α-hetero) is 1. The second kappa shape index (κ2) is 6.31. The molecule has 2 aromatic carbocycles. The Hall–Kier alpha value is -2.81. The number of aromatic nitrogens is 1. The van der Waals surface area contributed by atoms with E-state index in [1.807, 2.05) is 54.9 Å². The van der Waals surface area contributed by atoms with Crippen molar-refractivity contribution in [1.82, 2.24) is 0 Å². The van der Waals surface area contributed by atoms with Crippen LogP contribution in [0, 0.1) is 5.82 Å². The smallest absolute Gasteiger partial charge is 0.230 e. The molecule has 0 amide bonds. The van der Waals surface area contributed by atoms with Crippen LogP contribution in [-0.2, 0) is 6.54 Å². The van der Waals surface area contributed by atoms with Gasteiger partial charge >= 0.3 is 0 Å². The maximum absolute atomic E-state index is 13.7. The van der Waals surface area contributed by atoms with Gasteiger partial charge in [-0.15, -0.1) is 0 Å². The lowest BCUT2D eigenvalue weighted by Crippen LogP contribution is -2.37. The Morgan fingerprint density at radius 2 is 1.55 bits per heavy atom. The molecule has 0 spiro atoms. The van der Waals surface area contributed by atoms with Crippen molar-refractivity contribution in [1.29, 1.82) is 0 Å². The van der Waals surface area contributed by atoms with Gasteiger partial charge < -0.3 is 0 Å². The van der Waals surface area contributed by atoms with Gasteiger partial charge in [0.05, 0.1) is 5.56 Å². The van der Waals surface area contributed by atoms with Crippen LogP contribution in [0.15, 0.2) is 79.1 Å². The average molecular weight is 292 g/mol. The number of rotatable bonds is 4. The van der Waals surface area contributed by atoms with Gasteiger partial charge in [-0.2, -0.15) is 4.57 Å². The fourth-order valence-electron chi connectivity index (χ4n) is 2.36. The van der Waals surface area contributed by atoms with Crippen LogP contribution in [0.4, 0.5) is 4.39 Å². The van der Waals surface area contributed by atoms with E-state index in [1.165, 1.54) is 12.1 Å². The molecule has 0 aliphatic heterocycles. The van der Waals surface area contributed by atoms with Gasteiger partial charge in [0.1, 0.15) is 5.82 Å². The van der Waals surface area contributed by atoms with Crippen LogP contribution < -0.4 is 4.57 Å². The number of carbonyl (C=O) groups is 1. The molecule has 3 rings (SSSR count). The van der Waals surface area contributed by atoms with Crippen LogP contribution in [0.5, 0.6) is 0 Å². The number of benzene rings is 2. The van der Waals surface area contributed by atoms with E-state index in [9.17, 15) is 9.18 Å². The summed E-state index contributed by atoms with van der Waals surface area (Å²) in [7, 11) is 0. The van der Waals surface area contributed by atoms with Crippen LogP contribution in [-0.4, -0.2) is 5.78 Å². The molecule has 0 unspecified atom stereocenters. The number of halogens is 1. The summed E-state index contributed by atoms with van der Waals surface area (Å²) in [6, 6.07) is 19.9. The highest BCUT2D eigenvalue weighted by atomic mass is 19.1. The summed E-state index contributed by atoms with van der Waals surface area (Å²) < 4.78 is 15.4. The van der Waals surface area contributed by atoms with Crippen molar-refractivity contribution in [3.8, 4) is 11.1 Å². The predicted octanol–water partition coefficient (Wildman–Crippen LogP) is 3.66. The molecule has 0 N–H and O–H groups in total. The van der Waals surface area contributed by atoms with Crippen LogP contribution in [0.3, 0.4) is 0 Å². The van der Waals surface area contributed by atoms with Crippen LogP contribution in [0.25, 0.3) is 11.1 Å². The zero-order chi connectivity index (χ0) is 15.4. The van der Waals surface area contributed by atoms with Crippen LogP contribution in [0.1, 0.15) is 10.4 Å². The van der Waals surface area contributed by atoms with Gasteiger partial charge in [0.25, 0.3) is 0 Å². The van der Waals surface area contributed by atoms with Gasteiger partial charge in [-0.05, 0) is 23.8 Å². The number of carbonyl (C=O) groups excluding carboxylic acids is 1. The summed E-state index contributed by atoms with van der Waals surface area (Å²) in [5, 5.41) is 0. The third-order valence-electron chi connectivity index (χ3n) is 3.47.